The van der Waals surface area contributed by atoms with Gasteiger partial charge in [-0.3, -0.25) is 9.48 Å². The van der Waals surface area contributed by atoms with Crippen LogP contribution in [-0.2, 0) is 11.3 Å². The van der Waals surface area contributed by atoms with Gasteiger partial charge in [0.2, 0.25) is 0 Å². The van der Waals surface area contributed by atoms with E-state index in [9.17, 15) is 9.59 Å². The molecule has 1 aliphatic heterocycles. The molecule has 2 heterocycles. The zero-order valence-electron chi connectivity index (χ0n) is 8.62. The number of rotatable bonds is 2. The molecule has 0 radical (unpaired) electrons. The number of aromatic nitrogens is 2. The van der Waals surface area contributed by atoms with Crippen molar-refractivity contribution >= 4 is 23.5 Å². The van der Waals surface area contributed by atoms with Crippen molar-refractivity contribution in [3.63, 3.8) is 0 Å². The summed E-state index contributed by atoms with van der Waals surface area (Å²) in [7, 11) is 0. The molecule has 0 bridgehead atoms. The molecule has 16 heavy (non-hydrogen) atoms. The molecule has 0 saturated carbocycles. The predicted molar refractivity (Wildman–Crippen MR) is 55.5 cm³/mol. The van der Waals surface area contributed by atoms with E-state index in [0.717, 1.165) is 0 Å². The van der Waals surface area contributed by atoms with Crippen molar-refractivity contribution in [2.45, 2.75) is 13.5 Å². The van der Waals surface area contributed by atoms with Crippen LogP contribution in [-0.4, -0.2) is 34.8 Å². The predicted octanol–water partition coefficient (Wildman–Crippen LogP) is 0.457. The maximum atomic E-state index is 11.5. The smallest absolute Gasteiger partial charge is 0.360 e. The average molecular weight is 244 g/mol. The molecule has 0 spiro atoms. The van der Waals surface area contributed by atoms with Crippen LogP contribution in [0.25, 0.3) is 0 Å². The van der Waals surface area contributed by atoms with Crippen LogP contribution in [0.15, 0.2) is 0 Å². The van der Waals surface area contributed by atoms with Gasteiger partial charge in [0.15, 0.2) is 5.69 Å². The third kappa shape index (κ3) is 1.65. The van der Waals surface area contributed by atoms with Gasteiger partial charge in [-0.05, 0) is 6.92 Å². The quantitative estimate of drug-likeness (QED) is 0.766. The van der Waals surface area contributed by atoms with E-state index >= 15 is 0 Å². The third-order valence-corrected chi connectivity index (χ3v) is 2.55. The summed E-state index contributed by atoms with van der Waals surface area (Å²) in [5, 5.41) is 6.65. The Bertz CT molecular complexity index is 455. The highest BCUT2D eigenvalue weighted by Gasteiger charge is 2.28. The maximum absolute atomic E-state index is 11.5. The van der Waals surface area contributed by atoms with Crippen LogP contribution in [0.2, 0.25) is 5.02 Å². The summed E-state index contributed by atoms with van der Waals surface area (Å²) in [6.45, 7) is 2.91. The van der Waals surface area contributed by atoms with Crippen LogP contribution in [0.4, 0.5) is 0 Å². The Balaban J connectivity index is 2.42. The summed E-state index contributed by atoms with van der Waals surface area (Å²) in [5.41, 5.74) is 0.214. The number of ether oxygens (including phenoxy) is 1. The minimum absolute atomic E-state index is 0.00410. The number of carbonyl (C=O) groups is 2. The van der Waals surface area contributed by atoms with Crippen molar-refractivity contribution in [2.75, 3.05) is 13.2 Å². The molecule has 1 N–H and O–H groups in total. The number of carbonyl (C=O) groups excluding carboxylic acids is 2. The van der Waals surface area contributed by atoms with E-state index < -0.39 is 5.97 Å². The van der Waals surface area contributed by atoms with Crippen molar-refractivity contribution in [1.29, 1.82) is 0 Å². The molecule has 0 fully saturated rings. The lowest BCUT2D eigenvalue weighted by Gasteiger charge is -2.13. The highest BCUT2D eigenvalue weighted by Crippen LogP contribution is 2.23. The van der Waals surface area contributed by atoms with Gasteiger partial charge in [-0.2, -0.15) is 5.10 Å². The number of nitrogens with zero attached hydrogens (tertiary/aromatic N) is 2. The van der Waals surface area contributed by atoms with Crippen LogP contribution in [0, 0.1) is 0 Å². The van der Waals surface area contributed by atoms with E-state index in [0.29, 0.717) is 13.1 Å². The number of halogens is 1. The molecule has 0 aliphatic carbocycles. The molecule has 0 atom stereocenters. The van der Waals surface area contributed by atoms with E-state index in [4.69, 9.17) is 16.3 Å². The van der Waals surface area contributed by atoms with Crippen molar-refractivity contribution in [1.82, 2.24) is 15.1 Å². The first kappa shape index (κ1) is 10.9. The summed E-state index contributed by atoms with van der Waals surface area (Å²) in [6.07, 6.45) is 0. The summed E-state index contributed by atoms with van der Waals surface area (Å²) >= 11 is 5.92. The van der Waals surface area contributed by atoms with Gasteiger partial charge in [-0.1, -0.05) is 11.6 Å². The number of hydrogen-bond acceptors (Lipinski definition) is 4. The zero-order chi connectivity index (χ0) is 11.7. The second-order valence-corrected chi connectivity index (χ2v) is 3.59. The number of esters is 1. The lowest BCUT2D eigenvalue weighted by molar-refractivity contribution is 0.0518. The van der Waals surface area contributed by atoms with Gasteiger partial charge in [0, 0.05) is 6.54 Å². The summed E-state index contributed by atoms with van der Waals surface area (Å²) in [5.74, 6) is -0.929. The molecule has 2 rings (SSSR count). The summed E-state index contributed by atoms with van der Waals surface area (Å²) in [6, 6.07) is 0. The summed E-state index contributed by atoms with van der Waals surface area (Å²) < 4.78 is 6.21. The van der Waals surface area contributed by atoms with E-state index in [1.807, 2.05) is 0 Å². The Morgan fingerprint density at radius 2 is 2.44 bits per heavy atom. The zero-order valence-corrected chi connectivity index (χ0v) is 9.37. The van der Waals surface area contributed by atoms with Crippen LogP contribution >= 0.6 is 11.6 Å². The van der Waals surface area contributed by atoms with E-state index in [2.05, 4.69) is 10.4 Å². The summed E-state index contributed by atoms with van der Waals surface area (Å²) in [4.78, 5) is 23.0. The van der Waals surface area contributed by atoms with Crippen LogP contribution in [0.3, 0.4) is 0 Å². The van der Waals surface area contributed by atoms with Crippen molar-refractivity contribution in [3.8, 4) is 0 Å². The third-order valence-electron chi connectivity index (χ3n) is 2.19. The van der Waals surface area contributed by atoms with Gasteiger partial charge < -0.3 is 10.1 Å². The molecule has 1 amide bonds. The first-order chi connectivity index (χ1) is 7.65. The molecule has 1 aromatic rings. The molecule has 0 aromatic carbocycles. The minimum atomic E-state index is -0.609. The number of hydrogen-bond donors (Lipinski definition) is 1. The highest BCUT2D eigenvalue weighted by molar-refractivity contribution is 6.36. The van der Waals surface area contributed by atoms with Gasteiger partial charge in [-0.25, -0.2) is 4.79 Å². The van der Waals surface area contributed by atoms with Gasteiger partial charge in [-0.15, -0.1) is 0 Å². The molecule has 86 valence electrons. The van der Waals surface area contributed by atoms with Crippen LogP contribution in [0.1, 0.15) is 27.9 Å². The molecule has 0 saturated heterocycles. The van der Waals surface area contributed by atoms with Gasteiger partial charge >= 0.3 is 5.97 Å². The average Bonchev–Trinajstić information content (AvgIpc) is 2.58. The lowest BCUT2D eigenvalue weighted by atomic mass is 10.3. The molecule has 1 aromatic heterocycles. The Morgan fingerprint density at radius 1 is 1.69 bits per heavy atom. The molecule has 7 heteroatoms. The lowest BCUT2D eigenvalue weighted by Crippen LogP contribution is -2.35. The van der Waals surface area contributed by atoms with E-state index in [-0.39, 0.29) is 28.9 Å². The van der Waals surface area contributed by atoms with Gasteiger partial charge in [0.25, 0.3) is 5.91 Å². The fraction of sp³-hybridized carbons (Fsp3) is 0.444. The van der Waals surface area contributed by atoms with Gasteiger partial charge in [0.1, 0.15) is 10.7 Å². The van der Waals surface area contributed by atoms with E-state index in [1.165, 1.54) is 4.68 Å². The fourth-order valence-electron chi connectivity index (χ4n) is 1.51. The Labute approximate surface area is 96.5 Å². The first-order valence-electron chi connectivity index (χ1n) is 4.86. The molecule has 1 aliphatic rings. The Hall–Kier alpha value is -1.56. The second-order valence-electron chi connectivity index (χ2n) is 3.21. The standard InChI is InChI=1S/C9H10ClN3O3/c1-2-16-9(15)6-5(10)7-8(14)11-3-4-13(7)12-6/h2-4H2,1H3,(H,11,14). The normalized spacial score (nSPS) is 14.2. The fourth-order valence-corrected chi connectivity index (χ4v) is 1.81. The highest BCUT2D eigenvalue weighted by atomic mass is 35.5. The van der Waals surface area contributed by atoms with Crippen LogP contribution in [0.5, 0.6) is 0 Å². The topological polar surface area (TPSA) is 73.2 Å². The van der Waals surface area contributed by atoms with Crippen molar-refractivity contribution < 1.29 is 14.3 Å². The molecule has 0 unspecified atom stereocenters. The molecule has 6 nitrogen and oxygen atoms in total. The van der Waals surface area contributed by atoms with Crippen molar-refractivity contribution in [3.05, 3.63) is 16.4 Å². The van der Waals surface area contributed by atoms with E-state index in [1.54, 1.807) is 6.92 Å². The largest absolute Gasteiger partial charge is 0.461 e. The Morgan fingerprint density at radius 3 is 3.06 bits per heavy atom. The maximum Gasteiger partial charge on any atom is 0.360 e. The van der Waals surface area contributed by atoms with Crippen LogP contribution < -0.4 is 5.32 Å². The molecular formula is C9H10ClN3O3. The van der Waals surface area contributed by atoms with Gasteiger partial charge in [0.05, 0.1) is 13.2 Å². The Kier molecular flexibility index (Phi) is 2.82. The molecular weight excluding hydrogens is 234 g/mol. The first-order valence-corrected chi connectivity index (χ1v) is 5.24. The minimum Gasteiger partial charge on any atom is -0.461 e. The van der Waals surface area contributed by atoms with Crippen molar-refractivity contribution in [2.24, 2.45) is 0 Å². The number of fused-ring (bicyclic) bond motifs is 1. The second kappa shape index (κ2) is 4.13. The SMILES string of the molecule is CCOC(=O)c1nn2c(c1Cl)C(=O)NCC2. The number of nitrogens with one attached hydrogen (secondary N) is 1. The number of amides is 1. The monoisotopic (exact) mass is 243 g/mol.